The van der Waals surface area contributed by atoms with Crippen molar-refractivity contribution >= 4 is 29.2 Å². The maximum atomic E-state index is 11.7. The fourth-order valence-corrected chi connectivity index (χ4v) is 2.06. The van der Waals surface area contributed by atoms with Crippen LogP contribution in [0.1, 0.15) is 23.0 Å². The summed E-state index contributed by atoms with van der Waals surface area (Å²) in [6.45, 7) is 3.80. The van der Waals surface area contributed by atoms with Crippen LogP contribution in [0.15, 0.2) is 18.5 Å². The number of pyridine rings is 1. The number of carbonyl (C=O) groups is 1. The topological polar surface area (TPSA) is 57.0 Å². The zero-order chi connectivity index (χ0) is 14.0. The number of hydrogen-bond acceptors (Lipinski definition) is 4. The van der Waals surface area contributed by atoms with Crippen LogP contribution in [0.25, 0.3) is 5.82 Å². The van der Waals surface area contributed by atoms with Crippen LogP contribution >= 0.6 is 23.2 Å². The first kappa shape index (κ1) is 13.8. The van der Waals surface area contributed by atoms with E-state index in [-0.39, 0.29) is 0 Å². The predicted octanol–water partition coefficient (Wildman–Crippen LogP) is 3.06. The minimum absolute atomic E-state index is 0.309. The molecule has 2 heterocycles. The molecule has 0 spiro atoms. The molecule has 0 N–H and O–H groups in total. The van der Waals surface area contributed by atoms with Crippen molar-refractivity contribution in [3.63, 3.8) is 0 Å². The first-order valence-electron chi connectivity index (χ1n) is 5.57. The summed E-state index contributed by atoms with van der Waals surface area (Å²) in [6, 6.07) is 1.57. The maximum absolute atomic E-state index is 11.7. The molecule has 0 fully saturated rings. The smallest absolute Gasteiger partial charge is 0.341 e. The van der Waals surface area contributed by atoms with Crippen molar-refractivity contribution < 1.29 is 9.53 Å². The van der Waals surface area contributed by atoms with Gasteiger partial charge in [0.15, 0.2) is 5.82 Å². The van der Waals surface area contributed by atoms with Crippen LogP contribution in [0.4, 0.5) is 0 Å². The van der Waals surface area contributed by atoms with Crippen molar-refractivity contribution in [3.05, 3.63) is 39.8 Å². The van der Waals surface area contributed by atoms with Crippen LogP contribution in [0, 0.1) is 6.92 Å². The molecule has 0 saturated carbocycles. The van der Waals surface area contributed by atoms with E-state index in [1.54, 1.807) is 19.9 Å². The lowest BCUT2D eigenvalue weighted by Gasteiger charge is -2.06. The van der Waals surface area contributed by atoms with E-state index in [1.807, 2.05) is 0 Å². The molecule has 2 rings (SSSR count). The summed E-state index contributed by atoms with van der Waals surface area (Å²) in [5.41, 5.74) is 0.991. The second-order valence-corrected chi connectivity index (χ2v) is 4.58. The highest BCUT2D eigenvalue weighted by Crippen LogP contribution is 2.23. The van der Waals surface area contributed by atoms with Gasteiger partial charge in [0.2, 0.25) is 0 Å². The summed E-state index contributed by atoms with van der Waals surface area (Å²) in [5, 5.41) is 4.90. The Morgan fingerprint density at radius 1 is 1.42 bits per heavy atom. The van der Waals surface area contributed by atoms with Crippen LogP contribution < -0.4 is 0 Å². The van der Waals surface area contributed by atoms with Gasteiger partial charge in [-0.1, -0.05) is 23.2 Å². The van der Waals surface area contributed by atoms with Gasteiger partial charge in [0.1, 0.15) is 5.56 Å². The predicted molar refractivity (Wildman–Crippen MR) is 72.1 cm³/mol. The molecule has 0 aliphatic rings. The SMILES string of the molecule is CCOC(=O)c1cnn(-c2ncc(Cl)cc2Cl)c1C. The van der Waals surface area contributed by atoms with E-state index in [4.69, 9.17) is 27.9 Å². The quantitative estimate of drug-likeness (QED) is 0.817. The Morgan fingerprint density at radius 3 is 2.79 bits per heavy atom. The van der Waals surface area contributed by atoms with E-state index in [0.717, 1.165) is 0 Å². The highest BCUT2D eigenvalue weighted by molar-refractivity contribution is 6.35. The molecule has 5 nitrogen and oxygen atoms in total. The molecule has 2 aromatic rings. The number of aromatic nitrogens is 3. The summed E-state index contributed by atoms with van der Waals surface area (Å²) in [5.74, 6) is -0.00421. The van der Waals surface area contributed by atoms with E-state index < -0.39 is 5.97 Å². The molecule has 2 aromatic heterocycles. The van der Waals surface area contributed by atoms with Gasteiger partial charge in [0.25, 0.3) is 0 Å². The molecule has 100 valence electrons. The van der Waals surface area contributed by atoms with E-state index in [9.17, 15) is 4.79 Å². The Balaban J connectivity index is 2.44. The third-order valence-electron chi connectivity index (χ3n) is 2.49. The van der Waals surface area contributed by atoms with Crippen molar-refractivity contribution in [1.82, 2.24) is 14.8 Å². The van der Waals surface area contributed by atoms with Crippen LogP contribution in [-0.4, -0.2) is 27.3 Å². The largest absolute Gasteiger partial charge is 0.462 e. The van der Waals surface area contributed by atoms with Gasteiger partial charge < -0.3 is 4.74 Å². The minimum Gasteiger partial charge on any atom is -0.462 e. The monoisotopic (exact) mass is 299 g/mol. The standard InChI is InChI=1S/C12H11Cl2N3O2/c1-3-19-12(18)9-6-16-17(7(9)2)11-10(14)4-8(13)5-15-11/h4-6H,3H2,1-2H3. The maximum Gasteiger partial charge on any atom is 0.341 e. The van der Waals surface area contributed by atoms with Crippen molar-refractivity contribution in [3.8, 4) is 5.82 Å². The van der Waals surface area contributed by atoms with E-state index in [2.05, 4.69) is 10.1 Å². The number of nitrogens with zero attached hydrogens (tertiary/aromatic N) is 3. The van der Waals surface area contributed by atoms with Crippen LogP contribution in [0.2, 0.25) is 10.0 Å². The van der Waals surface area contributed by atoms with Gasteiger partial charge in [0, 0.05) is 6.20 Å². The first-order valence-corrected chi connectivity index (χ1v) is 6.33. The van der Waals surface area contributed by atoms with Gasteiger partial charge in [0.05, 0.1) is 28.5 Å². The molecule has 0 amide bonds. The zero-order valence-corrected chi connectivity index (χ0v) is 11.9. The Bertz CT molecular complexity index is 625. The first-order chi connectivity index (χ1) is 9.04. The average Bonchev–Trinajstić information content (AvgIpc) is 2.72. The molecular formula is C12H11Cl2N3O2. The van der Waals surface area contributed by atoms with Crippen molar-refractivity contribution in [2.75, 3.05) is 6.61 Å². The molecule has 0 aromatic carbocycles. The summed E-state index contributed by atoms with van der Waals surface area (Å²) in [4.78, 5) is 15.8. The van der Waals surface area contributed by atoms with Crippen molar-refractivity contribution in [2.45, 2.75) is 13.8 Å². The second-order valence-electron chi connectivity index (χ2n) is 3.73. The Hall–Kier alpha value is -1.59. The molecule has 0 aliphatic carbocycles. The Morgan fingerprint density at radius 2 is 2.16 bits per heavy atom. The summed E-state index contributed by atoms with van der Waals surface area (Å²) in [6.07, 6.45) is 2.90. The van der Waals surface area contributed by atoms with Gasteiger partial charge in [-0.05, 0) is 19.9 Å². The number of halogens is 2. The molecule has 0 saturated heterocycles. The lowest BCUT2D eigenvalue weighted by Crippen LogP contribution is -2.07. The van der Waals surface area contributed by atoms with Crippen LogP contribution in [0.5, 0.6) is 0 Å². The van der Waals surface area contributed by atoms with Gasteiger partial charge in [-0.25, -0.2) is 14.5 Å². The van der Waals surface area contributed by atoms with Crippen molar-refractivity contribution in [1.29, 1.82) is 0 Å². The van der Waals surface area contributed by atoms with Crippen molar-refractivity contribution in [2.24, 2.45) is 0 Å². The molecular weight excluding hydrogens is 289 g/mol. The lowest BCUT2D eigenvalue weighted by atomic mass is 10.2. The number of hydrogen-bond donors (Lipinski definition) is 0. The lowest BCUT2D eigenvalue weighted by molar-refractivity contribution is 0.0525. The number of ether oxygens (including phenoxy) is 1. The van der Waals surface area contributed by atoms with Crippen LogP contribution in [-0.2, 0) is 4.74 Å². The molecule has 0 radical (unpaired) electrons. The summed E-state index contributed by atoms with van der Waals surface area (Å²) >= 11 is 11.9. The Kier molecular flexibility index (Phi) is 4.07. The van der Waals surface area contributed by atoms with E-state index >= 15 is 0 Å². The minimum atomic E-state index is -0.420. The molecule has 0 atom stereocenters. The van der Waals surface area contributed by atoms with E-state index in [0.29, 0.717) is 33.7 Å². The molecule has 0 aliphatic heterocycles. The molecule has 0 bridgehead atoms. The highest BCUT2D eigenvalue weighted by atomic mass is 35.5. The van der Waals surface area contributed by atoms with Gasteiger partial charge in [-0.3, -0.25) is 0 Å². The number of carbonyl (C=O) groups excluding carboxylic acids is 1. The number of rotatable bonds is 3. The average molecular weight is 300 g/mol. The molecule has 7 heteroatoms. The fourth-order valence-electron chi connectivity index (χ4n) is 1.60. The fraction of sp³-hybridized carbons (Fsp3) is 0.250. The molecule has 0 unspecified atom stereocenters. The van der Waals surface area contributed by atoms with Gasteiger partial charge in [-0.2, -0.15) is 5.10 Å². The normalized spacial score (nSPS) is 10.5. The number of esters is 1. The van der Waals surface area contributed by atoms with E-state index in [1.165, 1.54) is 17.1 Å². The van der Waals surface area contributed by atoms with Gasteiger partial charge >= 0.3 is 5.97 Å². The highest BCUT2D eigenvalue weighted by Gasteiger charge is 2.18. The second kappa shape index (κ2) is 5.59. The molecule has 19 heavy (non-hydrogen) atoms. The van der Waals surface area contributed by atoms with Crippen LogP contribution in [0.3, 0.4) is 0 Å². The third kappa shape index (κ3) is 2.72. The summed E-state index contributed by atoms with van der Waals surface area (Å²) < 4.78 is 6.42. The van der Waals surface area contributed by atoms with Gasteiger partial charge in [-0.15, -0.1) is 0 Å². The third-order valence-corrected chi connectivity index (χ3v) is 2.98. The Labute approximate surface area is 120 Å². The zero-order valence-electron chi connectivity index (χ0n) is 10.4. The summed E-state index contributed by atoms with van der Waals surface area (Å²) in [7, 11) is 0.